The first kappa shape index (κ1) is 10.5. The van der Waals surface area contributed by atoms with Gasteiger partial charge in [-0.3, -0.25) is 13.8 Å². The fraction of sp³-hybridized carbons (Fsp3) is 0.0833. The number of benzene rings is 1. The Kier molecular flexibility index (Phi) is 2.33. The van der Waals surface area contributed by atoms with Crippen LogP contribution in [0.3, 0.4) is 0 Å². The smallest absolute Gasteiger partial charge is 0.300 e. The second kappa shape index (κ2) is 3.99. The van der Waals surface area contributed by atoms with E-state index in [4.69, 9.17) is 4.74 Å². The predicted molar refractivity (Wildman–Crippen MR) is 65.1 cm³/mol. The summed E-state index contributed by atoms with van der Waals surface area (Å²) in [5.74, 6) is 0.746. The minimum atomic E-state index is -0.208. The van der Waals surface area contributed by atoms with Gasteiger partial charge < -0.3 is 4.74 Å². The van der Waals surface area contributed by atoms with Crippen molar-refractivity contribution in [1.29, 1.82) is 0 Å². The fourth-order valence-electron chi connectivity index (χ4n) is 1.76. The summed E-state index contributed by atoms with van der Waals surface area (Å²) >= 11 is 0. The van der Waals surface area contributed by atoms with E-state index in [-0.39, 0.29) is 5.56 Å². The van der Waals surface area contributed by atoms with Gasteiger partial charge in [0.1, 0.15) is 12.1 Å². The van der Waals surface area contributed by atoms with Gasteiger partial charge in [0.05, 0.1) is 7.11 Å². The summed E-state index contributed by atoms with van der Waals surface area (Å²) in [5.41, 5.74) is 0.847. The summed E-state index contributed by atoms with van der Waals surface area (Å²) in [5, 5.41) is 7.50. The molecule has 3 rings (SSSR count). The van der Waals surface area contributed by atoms with E-state index in [2.05, 4.69) is 10.2 Å². The fourth-order valence-corrected chi connectivity index (χ4v) is 1.76. The van der Waals surface area contributed by atoms with Crippen molar-refractivity contribution in [3.8, 4) is 11.4 Å². The van der Waals surface area contributed by atoms with Gasteiger partial charge >= 0.3 is 5.56 Å². The standard InChI is InChI=1S/C12H10N4O2/c1-18-10-4-2-9(3-5-10)16-7-6-15-8-13-14-11(15)12(16)17/h2-8H,1H3. The highest BCUT2D eigenvalue weighted by Gasteiger charge is 2.06. The zero-order valence-corrected chi connectivity index (χ0v) is 9.65. The first-order chi connectivity index (χ1) is 8.79. The molecule has 18 heavy (non-hydrogen) atoms. The van der Waals surface area contributed by atoms with Crippen molar-refractivity contribution in [3.05, 3.63) is 53.3 Å². The van der Waals surface area contributed by atoms with Crippen LogP contribution in [-0.4, -0.2) is 26.3 Å². The van der Waals surface area contributed by atoms with Gasteiger partial charge in [0.15, 0.2) is 0 Å². The zero-order valence-electron chi connectivity index (χ0n) is 9.65. The van der Waals surface area contributed by atoms with Crippen LogP contribution >= 0.6 is 0 Å². The first-order valence-corrected chi connectivity index (χ1v) is 5.35. The lowest BCUT2D eigenvalue weighted by Crippen LogP contribution is -2.19. The minimum absolute atomic E-state index is 0.208. The Morgan fingerprint density at radius 3 is 2.67 bits per heavy atom. The maximum absolute atomic E-state index is 12.2. The van der Waals surface area contributed by atoms with Gasteiger partial charge in [-0.2, -0.15) is 0 Å². The van der Waals surface area contributed by atoms with E-state index in [9.17, 15) is 4.79 Å². The van der Waals surface area contributed by atoms with Crippen molar-refractivity contribution in [2.75, 3.05) is 7.11 Å². The summed E-state index contributed by atoms with van der Waals surface area (Å²) < 4.78 is 8.18. The lowest BCUT2D eigenvalue weighted by molar-refractivity contribution is 0.414. The topological polar surface area (TPSA) is 61.4 Å². The first-order valence-electron chi connectivity index (χ1n) is 5.35. The second-order valence-electron chi connectivity index (χ2n) is 3.73. The number of rotatable bonds is 2. The number of nitrogens with zero attached hydrogens (tertiary/aromatic N) is 4. The zero-order chi connectivity index (χ0) is 12.5. The van der Waals surface area contributed by atoms with E-state index in [0.29, 0.717) is 5.65 Å². The summed E-state index contributed by atoms with van der Waals surface area (Å²) in [6.07, 6.45) is 4.91. The molecule has 0 aliphatic rings. The average molecular weight is 242 g/mol. The molecule has 0 spiro atoms. The number of aromatic nitrogens is 4. The highest BCUT2D eigenvalue weighted by molar-refractivity contribution is 5.41. The van der Waals surface area contributed by atoms with Crippen molar-refractivity contribution in [2.45, 2.75) is 0 Å². The molecule has 0 amide bonds. The number of methoxy groups -OCH3 is 1. The van der Waals surface area contributed by atoms with Crippen LogP contribution in [0.1, 0.15) is 0 Å². The largest absolute Gasteiger partial charge is 0.497 e. The van der Waals surface area contributed by atoms with Gasteiger partial charge in [-0.15, -0.1) is 10.2 Å². The summed E-state index contributed by atoms with van der Waals surface area (Å²) in [6, 6.07) is 7.23. The summed E-state index contributed by atoms with van der Waals surface area (Å²) in [4.78, 5) is 12.2. The third-order valence-electron chi connectivity index (χ3n) is 2.71. The molecule has 6 heteroatoms. The molecular formula is C12H10N4O2. The van der Waals surface area contributed by atoms with E-state index in [1.165, 1.54) is 10.9 Å². The van der Waals surface area contributed by atoms with Crippen LogP contribution < -0.4 is 10.3 Å². The molecule has 0 saturated heterocycles. The summed E-state index contributed by atoms with van der Waals surface area (Å²) in [6.45, 7) is 0. The molecule has 0 atom stereocenters. The summed E-state index contributed by atoms with van der Waals surface area (Å²) in [7, 11) is 1.60. The van der Waals surface area contributed by atoms with Crippen LogP contribution in [0.5, 0.6) is 5.75 Å². The lowest BCUT2D eigenvalue weighted by atomic mass is 10.3. The van der Waals surface area contributed by atoms with Crippen molar-refractivity contribution in [3.63, 3.8) is 0 Å². The van der Waals surface area contributed by atoms with Crippen LogP contribution in [-0.2, 0) is 0 Å². The monoisotopic (exact) mass is 242 g/mol. The van der Waals surface area contributed by atoms with Crippen molar-refractivity contribution >= 4 is 5.65 Å². The van der Waals surface area contributed by atoms with E-state index >= 15 is 0 Å². The van der Waals surface area contributed by atoms with E-state index < -0.39 is 0 Å². The lowest BCUT2D eigenvalue weighted by Gasteiger charge is -2.06. The normalized spacial score (nSPS) is 10.7. The Hall–Kier alpha value is -2.63. The number of ether oxygens (including phenoxy) is 1. The molecule has 2 heterocycles. The van der Waals surface area contributed by atoms with Crippen molar-refractivity contribution < 1.29 is 4.74 Å². The molecular weight excluding hydrogens is 232 g/mol. The molecule has 0 aliphatic heterocycles. The van der Waals surface area contributed by atoms with Crippen LogP contribution in [0.25, 0.3) is 11.3 Å². The molecule has 0 aliphatic carbocycles. The van der Waals surface area contributed by atoms with Crippen LogP contribution in [0.4, 0.5) is 0 Å². The Labute approximate surface area is 102 Å². The highest BCUT2D eigenvalue weighted by atomic mass is 16.5. The van der Waals surface area contributed by atoms with Gasteiger partial charge in [-0.1, -0.05) is 0 Å². The minimum Gasteiger partial charge on any atom is -0.497 e. The van der Waals surface area contributed by atoms with Crippen molar-refractivity contribution in [2.24, 2.45) is 0 Å². The van der Waals surface area contributed by atoms with Gasteiger partial charge in [-0.05, 0) is 24.3 Å². The van der Waals surface area contributed by atoms with Crippen LogP contribution in [0, 0.1) is 0 Å². The predicted octanol–water partition coefficient (Wildman–Crippen LogP) is 0.889. The van der Waals surface area contributed by atoms with E-state index in [1.54, 1.807) is 36.0 Å². The van der Waals surface area contributed by atoms with Gasteiger partial charge in [0, 0.05) is 18.1 Å². The maximum Gasteiger partial charge on any atom is 0.300 e. The molecule has 1 aromatic carbocycles. The Morgan fingerprint density at radius 1 is 1.17 bits per heavy atom. The molecule has 0 bridgehead atoms. The molecule has 0 unspecified atom stereocenters. The quantitative estimate of drug-likeness (QED) is 0.669. The third-order valence-corrected chi connectivity index (χ3v) is 2.71. The molecule has 90 valence electrons. The van der Waals surface area contributed by atoms with Crippen molar-refractivity contribution in [1.82, 2.24) is 19.2 Å². The highest BCUT2D eigenvalue weighted by Crippen LogP contribution is 2.13. The maximum atomic E-state index is 12.2. The van der Waals surface area contributed by atoms with Gasteiger partial charge in [0.2, 0.25) is 5.65 Å². The van der Waals surface area contributed by atoms with Gasteiger partial charge in [-0.25, -0.2) is 0 Å². The van der Waals surface area contributed by atoms with E-state index in [0.717, 1.165) is 11.4 Å². The Balaban J connectivity index is 2.18. The SMILES string of the molecule is COc1ccc(-n2ccn3cnnc3c2=O)cc1. The number of hydrogen-bond acceptors (Lipinski definition) is 4. The molecule has 3 aromatic rings. The van der Waals surface area contributed by atoms with Crippen LogP contribution in [0.15, 0.2) is 47.8 Å². The third kappa shape index (κ3) is 1.55. The molecule has 2 aromatic heterocycles. The van der Waals surface area contributed by atoms with E-state index in [1.807, 2.05) is 12.1 Å². The number of fused-ring (bicyclic) bond motifs is 1. The molecule has 0 fully saturated rings. The molecule has 0 N–H and O–H groups in total. The molecule has 6 nitrogen and oxygen atoms in total. The Bertz CT molecular complexity index is 743. The molecule has 0 radical (unpaired) electrons. The number of hydrogen-bond donors (Lipinski definition) is 0. The average Bonchev–Trinajstić information content (AvgIpc) is 2.89. The van der Waals surface area contributed by atoms with Gasteiger partial charge in [0.25, 0.3) is 0 Å². The Morgan fingerprint density at radius 2 is 1.94 bits per heavy atom. The second-order valence-corrected chi connectivity index (χ2v) is 3.73. The van der Waals surface area contributed by atoms with Crippen LogP contribution in [0.2, 0.25) is 0 Å². The molecule has 0 saturated carbocycles.